The molecule has 0 aliphatic heterocycles. The second kappa shape index (κ2) is 14.1. The molecule has 10 heteroatoms. The van der Waals surface area contributed by atoms with Crippen LogP contribution >= 0.6 is 0 Å². The van der Waals surface area contributed by atoms with E-state index in [2.05, 4.69) is 4.74 Å². The maximum atomic E-state index is 15.3. The summed E-state index contributed by atoms with van der Waals surface area (Å²) in [5.41, 5.74) is -1.55. The average Bonchev–Trinajstić information content (AvgIpc) is 2.99. The molecule has 0 saturated heterocycles. The van der Waals surface area contributed by atoms with E-state index in [4.69, 9.17) is 4.74 Å². The summed E-state index contributed by atoms with van der Waals surface area (Å²) in [5, 5.41) is 0. The van der Waals surface area contributed by atoms with Gasteiger partial charge in [0, 0.05) is 30.9 Å². The Hall–Kier alpha value is -3.14. The molecule has 0 heterocycles. The molecule has 2 aliphatic rings. The van der Waals surface area contributed by atoms with Gasteiger partial charge in [0.05, 0.1) is 0 Å². The molecular formula is C35H36F8O2. The summed E-state index contributed by atoms with van der Waals surface area (Å²) in [6.07, 6.45) is 5.32. The summed E-state index contributed by atoms with van der Waals surface area (Å²) in [6.45, 7) is 3.60. The van der Waals surface area contributed by atoms with Crippen molar-refractivity contribution in [3.8, 4) is 16.9 Å². The van der Waals surface area contributed by atoms with E-state index in [-0.39, 0.29) is 29.2 Å². The number of ether oxygens (including phenoxy) is 2. The third-order valence-electron chi connectivity index (χ3n) is 9.52. The molecule has 0 N–H and O–H groups in total. The van der Waals surface area contributed by atoms with Crippen molar-refractivity contribution >= 4 is 0 Å². The number of hydrogen-bond donors (Lipinski definition) is 0. The van der Waals surface area contributed by atoms with Gasteiger partial charge in [0.2, 0.25) is 0 Å². The molecule has 0 amide bonds. The zero-order valence-corrected chi connectivity index (χ0v) is 25.0. The second-order valence-corrected chi connectivity index (χ2v) is 12.3. The summed E-state index contributed by atoms with van der Waals surface area (Å²) in [6, 6.07) is 5.74. The maximum Gasteiger partial charge on any atom is 0.432 e. The Kier molecular flexibility index (Phi) is 10.4. The Labute approximate surface area is 257 Å². The van der Waals surface area contributed by atoms with E-state index in [1.165, 1.54) is 37.8 Å². The fourth-order valence-corrected chi connectivity index (χ4v) is 7.08. The van der Waals surface area contributed by atoms with Crippen LogP contribution in [0.15, 0.2) is 42.5 Å². The number of hydrogen-bond acceptors (Lipinski definition) is 2. The van der Waals surface area contributed by atoms with E-state index >= 15 is 4.39 Å². The summed E-state index contributed by atoms with van der Waals surface area (Å²) in [7, 11) is 0. The van der Waals surface area contributed by atoms with Gasteiger partial charge in [0.25, 0.3) is 0 Å². The molecule has 0 spiro atoms. The van der Waals surface area contributed by atoms with E-state index in [0.717, 1.165) is 62.7 Å². The number of halogens is 8. The fraction of sp³-hybridized carbons (Fsp3) is 0.486. The SMILES string of the molecule is CCOCCC1CCC(C2CCC(c3ccc(-c4cc(F)c(C(F)(F)Oc5cc(F)c(F)c(F)c5)c(F)c4)c(F)c3)CC2)CC1. The Balaban J connectivity index is 1.22. The van der Waals surface area contributed by atoms with Crippen molar-refractivity contribution in [1.82, 2.24) is 0 Å². The fourth-order valence-electron chi connectivity index (χ4n) is 7.08. The van der Waals surface area contributed by atoms with E-state index < -0.39 is 52.3 Å². The molecule has 45 heavy (non-hydrogen) atoms. The largest absolute Gasteiger partial charge is 0.432 e. The Bertz CT molecular complexity index is 1430. The molecule has 244 valence electrons. The molecular weight excluding hydrogens is 604 g/mol. The van der Waals surface area contributed by atoms with E-state index in [9.17, 15) is 30.7 Å². The lowest BCUT2D eigenvalue weighted by molar-refractivity contribution is -0.189. The topological polar surface area (TPSA) is 18.5 Å². The summed E-state index contributed by atoms with van der Waals surface area (Å²) in [4.78, 5) is 0. The maximum absolute atomic E-state index is 15.3. The summed E-state index contributed by atoms with van der Waals surface area (Å²) >= 11 is 0. The lowest BCUT2D eigenvalue weighted by atomic mass is 9.68. The third-order valence-corrected chi connectivity index (χ3v) is 9.52. The van der Waals surface area contributed by atoms with E-state index in [1.807, 2.05) is 6.92 Å². The Morgan fingerprint density at radius 1 is 0.689 bits per heavy atom. The average molecular weight is 641 g/mol. The van der Waals surface area contributed by atoms with Crippen LogP contribution in [0, 0.1) is 52.7 Å². The van der Waals surface area contributed by atoms with Gasteiger partial charge in [-0.25, -0.2) is 26.3 Å². The zero-order valence-electron chi connectivity index (χ0n) is 25.0. The first kappa shape index (κ1) is 33.2. The van der Waals surface area contributed by atoms with Gasteiger partial charge in [-0.1, -0.05) is 25.0 Å². The number of benzene rings is 3. The van der Waals surface area contributed by atoms with Crippen LogP contribution in [0.1, 0.15) is 81.8 Å². The lowest BCUT2D eigenvalue weighted by Gasteiger charge is -2.38. The smallest absolute Gasteiger partial charge is 0.429 e. The minimum absolute atomic E-state index is 0.122. The van der Waals surface area contributed by atoms with Crippen molar-refractivity contribution in [3.63, 3.8) is 0 Å². The van der Waals surface area contributed by atoms with Crippen LogP contribution in [0.4, 0.5) is 35.1 Å². The predicted molar refractivity (Wildman–Crippen MR) is 154 cm³/mol. The lowest BCUT2D eigenvalue weighted by Crippen LogP contribution is -2.26. The van der Waals surface area contributed by atoms with Gasteiger partial charge in [0.1, 0.15) is 28.8 Å². The first-order valence-corrected chi connectivity index (χ1v) is 15.5. The van der Waals surface area contributed by atoms with Gasteiger partial charge in [0.15, 0.2) is 17.5 Å². The minimum Gasteiger partial charge on any atom is -0.429 e. The van der Waals surface area contributed by atoms with Crippen molar-refractivity contribution in [2.45, 2.75) is 76.7 Å². The van der Waals surface area contributed by atoms with Gasteiger partial charge in [-0.05, 0) is 105 Å². The van der Waals surface area contributed by atoms with Crippen LogP contribution in [0.25, 0.3) is 11.1 Å². The standard InChI is InChI=1S/C35H36F8O2/c1-2-44-14-13-20-3-5-21(6-4-20)22-7-9-23(10-8-22)24-11-12-27(28(36)15-24)25-16-29(37)33(30(38)17-25)35(42,43)45-26-18-31(39)34(41)32(40)19-26/h11-12,15-23H,2-10,13-14H2,1H3. The van der Waals surface area contributed by atoms with Crippen molar-refractivity contribution in [1.29, 1.82) is 0 Å². The van der Waals surface area contributed by atoms with Crippen LogP contribution in [0.3, 0.4) is 0 Å². The Morgan fingerprint density at radius 3 is 1.82 bits per heavy atom. The molecule has 0 aromatic heterocycles. The third kappa shape index (κ3) is 7.64. The van der Waals surface area contributed by atoms with Gasteiger partial charge in [-0.15, -0.1) is 0 Å². The first-order chi connectivity index (χ1) is 21.5. The van der Waals surface area contributed by atoms with Gasteiger partial charge in [-0.2, -0.15) is 8.78 Å². The molecule has 0 bridgehead atoms. The molecule has 5 rings (SSSR count). The molecule has 0 atom stereocenters. The van der Waals surface area contributed by atoms with Crippen molar-refractivity contribution < 1.29 is 44.6 Å². The molecule has 0 unspecified atom stereocenters. The summed E-state index contributed by atoms with van der Waals surface area (Å²) in [5.74, 6) is -8.75. The van der Waals surface area contributed by atoms with Gasteiger partial charge >= 0.3 is 6.11 Å². The van der Waals surface area contributed by atoms with Gasteiger partial charge in [-0.3, -0.25) is 0 Å². The van der Waals surface area contributed by atoms with Crippen molar-refractivity contribution in [3.05, 3.63) is 88.5 Å². The van der Waals surface area contributed by atoms with Gasteiger partial charge < -0.3 is 9.47 Å². The molecule has 2 nitrogen and oxygen atoms in total. The molecule has 3 aromatic rings. The monoisotopic (exact) mass is 640 g/mol. The number of alkyl halides is 2. The van der Waals surface area contributed by atoms with Crippen LogP contribution in [-0.2, 0) is 10.8 Å². The van der Waals surface area contributed by atoms with Crippen molar-refractivity contribution in [2.75, 3.05) is 13.2 Å². The highest BCUT2D eigenvalue weighted by atomic mass is 19.3. The van der Waals surface area contributed by atoms with Crippen LogP contribution in [-0.4, -0.2) is 13.2 Å². The second-order valence-electron chi connectivity index (χ2n) is 12.3. The van der Waals surface area contributed by atoms with E-state index in [1.54, 1.807) is 6.07 Å². The molecule has 2 aliphatic carbocycles. The predicted octanol–water partition coefficient (Wildman–Crippen LogP) is 10.8. The van der Waals surface area contributed by atoms with Crippen LogP contribution in [0.2, 0.25) is 0 Å². The number of rotatable bonds is 10. The quantitative estimate of drug-likeness (QED) is 0.125. The molecule has 3 aromatic carbocycles. The van der Waals surface area contributed by atoms with Crippen LogP contribution < -0.4 is 4.74 Å². The zero-order chi connectivity index (χ0) is 32.3. The highest BCUT2D eigenvalue weighted by molar-refractivity contribution is 5.65. The van der Waals surface area contributed by atoms with Crippen molar-refractivity contribution in [2.24, 2.45) is 17.8 Å². The Morgan fingerprint density at radius 2 is 1.27 bits per heavy atom. The van der Waals surface area contributed by atoms with Crippen LogP contribution in [0.5, 0.6) is 5.75 Å². The molecule has 0 radical (unpaired) electrons. The van der Waals surface area contributed by atoms with E-state index in [0.29, 0.717) is 18.1 Å². The summed E-state index contributed by atoms with van der Waals surface area (Å²) < 4.78 is 124. The molecule has 2 fully saturated rings. The minimum atomic E-state index is -4.73. The highest BCUT2D eigenvalue weighted by Gasteiger charge is 2.42. The normalized spacial score (nSPS) is 22.4. The highest BCUT2D eigenvalue weighted by Crippen LogP contribution is 2.45. The first-order valence-electron chi connectivity index (χ1n) is 15.5. The molecule has 2 saturated carbocycles.